The predicted molar refractivity (Wildman–Crippen MR) is 92.4 cm³/mol. The topological polar surface area (TPSA) is 51.0 Å². The van der Waals surface area contributed by atoms with E-state index in [9.17, 15) is 17.6 Å². The molecule has 138 valence electrons. The fourth-order valence-electron chi connectivity index (χ4n) is 3.02. The first kappa shape index (κ1) is 18.3. The van der Waals surface area contributed by atoms with Gasteiger partial charge in [0.15, 0.2) is 0 Å². The Hall–Kier alpha value is -2.54. The van der Waals surface area contributed by atoms with Crippen LogP contribution in [-0.4, -0.2) is 17.9 Å². The number of hydrogen-bond acceptors (Lipinski definition) is 2. The number of fused-ring (bicyclic) bond motifs is 1. The highest BCUT2D eigenvalue weighted by molar-refractivity contribution is 5.91. The maximum atomic E-state index is 13.6. The van der Waals surface area contributed by atoms with Gasteiger partial charge in [0, 0.05) is 22.2 Å². The molecule has 0 aliphatic heterocycles. The van der Waals surface area contributed by atoms with Crippen molar-refractivity contribution in [3.05, 3.63) is 53.8 Å². The van der Waals surface area contributed by atoms with E-state index in [0.717, 1.165) is 18.4 Å². The van der Waals surface area contributed by atoms with Crippen LogP contribution in [0.4, 0.5) is 17.6 Å². The largest absolute Gasteiger partial charge is 0.573 e. The molecular formula is C19H18F4N2O. The first-order valence-corrected chi connectivity index (χ1v) is 8.24. The Morgan fingerprint density at radius 2 is 1.85 bits per heavy atom. The van der Waals surface area contributed by atoms with Crippen LogP contribution >= 0.6 is 0 Å². The lowest BCUT2D eigenvalue weighted by molar-refractivity contribution is -0.274. The van der Waals surface area contributed by atoms with Gasteiger partial charge < -0.3 is 15.5 Å². The number of aromatic nitrogens is 1. The fraction of sp³-hybridized carbons (Fsp3) is 0.263. The average Bonchev–Trinajstić information content (AvgIpc) is 2.92. The Bertz CT molecular complexity index is 902. The second-order valence-electron chi connectivity index (χ2n) is 5.99. The molecule has 1 aromatic heterocycles. The number of nitrogens with two attached hydrogens (primary N) is 1. The number of aryl methyl sites for hydroxylation is 1. The Morgan fingerprint density at radius 3 is 2.54 bits per heavy atom. The van der Waals surface area contributed by atoms with Gasteiger partial charge in [0.2, 0.25) is 0 Å². The van der Waals surface area contributed by atoms with E-state index in [1.807, 2.05) is 0 Å². The van der Waals surface area contributed by atoms with E-state index in [4.69, 9.17) is 5.73 Å². The zero-order valence-corrected chi connectivity index (χ0v) is 13.9. The van der Waals surface area contributed by atoms with Crippen LogP contribution in [0.15, 0.2) is 42.5 Å². The van der Waals surface area contributed by atoms with Crippen LogP contribution < -0.4 is 10.5 Å². The Labute approximate surface area is 147 Å². The maximum absolute atomic E-state index is 13.6. The molecule has 3 aromatic rings. The highest BCUT2D eigenvalue weighted by Crippen LogP contribution is 2.35. The van der Waals surface area contributed by atoms with Crippen LogP contribution in [0, 0.1) is 5.82 Å². The summed E-state index contributed by atoms with van der Waals surface area (Å²) < 4.78 is 55.2. The molecule has 0 fully saturated rings. The first-order valence-electron chi connectivity index (χ1n) is 8.24. The SMILES string of the molecule is NCCCCc1c(-c2cccc(F)c2)[nH]c2ccc(OC(F)(F)F)cc12. The summed E-state index contributed by atoms with van der Waals surface area (Å²) >= 11 is 0. The summed E-state index contributed by atoms with van der Waals surface area (Å²) in [5.41, 5.74) is 8.37. The Morgan fingerprint density at radius 1 is 1.04 bits per heavy atom. The molecule has 0 saturated carbocycles. The molecule has 3 nitrogen and oxygen atoms in total. The van der Waals surface area contributed by atoms with E-state index < -0.39 is 6.36 Å². The van der Waals surface area contributed by atoms with Gasteiger partial charge in [-0.3, -0.25) is 0 Å². The number of nitrogens with one attached hydrogen (secondary N) is 1. The Kier molecular flexibility index (Phi) is 5.18. The van der Waals surface area contributed by atoms with Gasteiger partial charge >= 0.3 is 6.36 Å². The Balaban J connectivity index is 2.09. The zero-order chi connectivity index (χ0) is 18.7. The summed E-state index contributed by atoms with van der Waals surface area (Å²) in [6.07, 6.45) is -2.59. The smallest absolute Gasteiger partial charge is 0.406 e. The van der Waals surface area contributed by atoms with E-state index in [0.29, 0.717) is 35.1 Å². The van der Waals surface area contributed by atoms with Crippen LogP contribution in [0.1, 0.15) is 18.4 Å². The van der Waals surface area contributed by atoms with Crippen molar-refractivity contribution in [2.45, 2.75) is 25.6 Å². The van der Waals surface area contributed by atoms with E-state index in [1.54, 1.807) is 12.1 Å². The lowest BCUT2D eigenvalue weighted by Crippen LogP contribution is -2.16. The molecule has 0 aliphatic rings. The summed E-state index contributed by atoms with van der Waals surface area (Å²) in [7, 11) is 0. The predicted octanol–water partition coefficient (Wildman–Crippen LogP) is 5.15. The molecule has 26 heavy (non-hydrogen) atoms. The minimum Gasteiger partial charge on any atom is -0.406 e. The summed E-state index contributed by atoms with van der Waals surface area (Å²) in [6.45, 7) is 0.528. The van der Waals surface area contributed by atoms with E-state index in [2.05, 4.69) is 9.72 Å². The number of halogens is 4. The lowest BCUT2D eigenvalue weighted by atomic mass is 10.00. The highest BCUT2D eigenvalue weighted by atomic mass is 19.4. The number of H-pyrrole nitrogens is 1. The molecular weight excluding hydrogens is 348 g/mol. The number of rotatable bonds is 6. The van der Waals surface area contributed by atoms with Gasteiger partial charge in [-0.05, 0) is 61.7 Å². The molecule has 0 radical (unpaired) electrons. The molecule has 0 unspecified atom stereocenters. The van der Waals surface area contributed by atoms with Crippen LogP contribution in [-0.2, 0) is 6.42 Å². The molecule has 3 N–H and O–H groups in total. The van der Waals surface area contributed by atoms with Crippen LogP contribution in [0.5, 0.6) is 5.75 Å². The van der Waals surface area contributed by atoms with Gasteiger partial charge in [-0.15, -0.1) is 13.2 Å². The molecule has 0 spiro atoms. The molecule has 7 heteroatoms. The third-order valence-corrected chi connectivity index (χ3v) is 4.11. The third kappa shape index (κ3) is 4.16. The van der Waals surface area contributed by atoms with Crippen molar-refractivity contribution in [3.63, 3.8) is 0 Å². The molecule has 0 atom stereocenters. The van der Waals surface area contributed by atoms with Gasteiger partial charge in [0.05, 0.1) is 0 Å². The number of ether oxygens (including phenoxy) is 1. The zero-order valence-electron chi connectivity index (χ0n) is 13.9. The second-order valence-corrected chi connectivity index (χ2v) is 5.99. The molecule has 0 bridgehead atoms. The van der Waals surface area contributed by atoms with E-state index >= 15 is 0 Å². The van der Waals surface area contributed by atoms with Crippen molar-refractivity contribution in [3.8, 4) is 17.0 Å². The molecule has 0 saturated heterocycles. The van der Waals surface area contributed by atoms with Gasteiger partial charge in [0.25, 0.3) is 0 Å². The molecule has 3 rings (SSSR count). The molecule has 0 amide bonds. The maximum Gasteiger partial charge on any atom is 0.573 e. The minimum absolute atomic E-state index is 0.283. The van der Waals surface area contributed by atoms with Crippen molar-refractivity contribution in [1.29, 1.82) is 0 Å². The number of unbranched alkanes of at least 4 members (excludes halogenated alkanes) is 1. The van der Waals surface area contributed by atoms with Gasteiger partial charge in [-0.1, -0.05) is 12.1 Å². The van der Waals surface area contributed by atoms with Gasteiger partial charge in [0.1, 0.15) is 11.6 Å². The van der Waals surface area contributed by atoms with Crippen molar-refractivity contribution < 1.29 is 22.3 Å². The fourth-order valence-corrected chi connectivity index (χ4v) is 3.02. The monoisotopic (exact) mass is 366 g/mol. The summed E-state index contributed by atoms with van der Waals surface area (Å²) in [5.74, 6) is -0.662. The van der Waals surface area contributed by atoms with Crippen molar-refractivity contribution in [2.75, 3.05) is 6.54 Å². The molecule has 1 heterocycles. The molecule has 2 aromatic carbocycles. The highest BCUT2D eigenvalue weighted by Gasteiger charge is 2.31. The number of benzene rings is 2. The van der Waals surface area contributed by atoms with Crippen molar-refractivity contribution in [1.82, 2.24) is 4.98 Å². The number of alkyl halides is 3. The van der Waals surface area contributed by atoms with Crippen molar-refractivity contribution in [2.24, 2.45) is 5.73 Å². The van der Waals surface area contributed by atoms with E-state index in [-0.39, 0.29) is 11.6 Å². The number of aromatic amines is 1. The first-order chi connectivity index (χ1) is 12.4. The van der Waals surface area contributed by atoms with Crippen LogP contribution in [0.25, 0.3) is 22.2 Å². The summed E-state index contributed by atoms with van der Waals surface area (Å²) in [6, 6.07) is 10.2. The van der Waals surface area contributed by atoms with Gasteiger partial charge in [-0.2, -0.15) is 0 Å². The van der Waals surface area contributed by atoms with Crippen LogP contribution in [0.3, 0.4) is 0 Å². The quantitative estimate of drug-likeness (QED) is 0.468. The lowest BCUT2D eigenvalue weighted by Gasteiger charge is -2.09. The van der Waals surface area contributed by atoms with Crippen LogP contribution in [0.2, 0.25) is 0 Å². The van der Waals surface area contributed by atoms with Crippen molar-refractivity contribution >= 4 is 10.9 Å². The average molecular weight is 366 g/mol. The molecule has 0 aliphatic carbocycles. The van der Waals surface area contributed by atoms with Gasteiger partial charge in [-0.25, -0.2) is 4.39 Å². The normalized spacial score (nSPS) is 11.9. The van der Waals surface area contributed by atoms with E-state index in [1.165, 1.54) is 30.3 Å². The second kappa shape index (κ2) is 7.37. The standard InChI is InChI=1S/C19H18F4N2O/c20-13-5-3-4-12(10-13)18-15(6-1-2-9-24)16-11-14(26-19(21,22)23)7-8-17(16)25-18/h3-5,7-8,10-11,25H,1-2,6,9,24H2. The summed E-state index contributed by atoms with van der Waals surface area (Å²) in [4.78, 5) is 3.19. The summed E-state index contributed by atoms with van der Waals surface area (Å²) in [5, 5.41) is 0.628. The third-order valence-electron chi connectivity index (χ3n) is 4.11. The number of hydrogen-bond donors (Lipinski definition) is 2. The minimum atomic E-state index is -4.75.